The number of carbonyl (C=O) groups excluding carboxylic acids is 4. The number of piperazine rings is 1. The molecule has 2 aromatic rings. The SMILES string of the molecule is CCOc1ccc(CN2C(=O)c3ccccc3C2=O)cc1C(=O)N1CCN(C(=O)C2CCCO2)CC1. The molecule has 3 heterocycles. The van der Waals surface area contributed by atoms with Crippen molar-refractivity contribution >= 4 is 23.6 Å². The summed E-state index contributed by atoms with van der Waals surface area (Å²) in [7, 11) is 0. The van der Waals surface area contributed by atoms with Crippen LogP contribution in [0.1, 0.15) is 56.4 Å². The van der Waals surface area contributed by atoms with E-state index in [1.807, 2.05) is 6.92 Å². The Labute approximate surface area is 209 Å². The van der Waals surface area contributed by atoms with Gasteiger partial charge in [-0.05, 0) is 49.6 Å². The second-order valence-electron chi connectivity index (χ2n) is 9.12. The van der Waals surface area contributed by atoms with Gasteiger partial charge < -0.3 is 19.3 Å². The molecule has 36 heavy (non-hydrogen) atoms. The Balaban J connectivity index is 1.30. The molecule has 0 aliphatic carbocycles. The largest absolute Gasteiger partial charge is 0.493 e. The second-order valence-corrected chi connectivity index (χ2v) is 9.12. The minimum atomic E-state index is -0.365. The fourth-order valence-corrected chi connectivity index (χ4v) is 4.97. The lowest BCUT2D eigenvalue weighted by Crippen LogP contribution is -2.52. The maximum atomic E-state index is 13.5. The van der Waals surface area contributed by atoms with E-state index in [2.05, 4.69) is 0 Å². The summed E-state index contributed by atoms with van der Waals surface area (Å²) in [6.07, 6.45) is 1.28. The molecule has 2 fully saturated rings. The van der Waals surface area contributed by atoms with Gasteiger partial charge in [0.2, 0.25) is 0 Å². The number of hydrogen-bond acceptors (Lipinski definition) is 6. The van der Waals surface area contributed by atoms with Crippen molar-refractivity contribution in [2.75, 3.05) is 39.4 Å². The monoisotopic (exact) mass is 491 g/mol. The molecular weight excluding hydrogens is 462 g/mol. The summed E-state index contributed by atoms with van der Waals surface area (Å²) in [5, 5.41) is 0. The maximum Gasteiger partial charge on any atom is 0.261 e. The van der Waals surface area contributed by atoms with E-state index in [1.54, 1.807) is 52.3 Å². The quantitative estimate of drug-likeness (QED) is 0.576. The molecule has 5 rings (SSSR count). The van der Waals surface area contributed by atoms with Crippen molar-refractivity contribution in [3.05, 3.63) is 64.7 Å². The molecule has 1 atom stereocenters. The van der Waals surface area contributed by atoms with Crippen molar-refractivity contribution in [2.24, 2.45) is 0 Å². The predicted molar refractivity (Wildman–Crippen MR) is 130 cm³/mol. The van der Waals surface area contributed by atoms with Crippen molar-refractivity contribution in [3.63, 3.8) is 0 Å². The summed E-state index contributed by atoms with van der Waals surface area (Å²) < 4.78 is 11.2. The van der Waals surface area contributed by atoms with Gasteiger partial charge in [0.25, 0.3) is 23.6 Å². The minimum absolute atomic E-state index is 0.00227. The Bertz CT molecular complexity index is 1160. The first-order chi connectivity index (χ1) is 17.5. The standard InChI is InChI=1S/C27H29N3O6/c1-2-35-22-10-9-18(17-30-25(32)19-6-3-4-7-20(19)26(30)33)16-21(22)24(31)28-11-13-29(14-12-28)27(34)23-8-5-15-36-23/h3-4,6-7,9-10,16,23H,2,5,8,11-15,17H2,1H3. The third-order valence-electron chi connectivity index (χ3n) is 6.88. The molecule has 9 heteroatoms. The number of benzene rings is 2. The molecule has 0 N–H and O–H groups in total. The fraction of sp³-hybridized carbons (Fsp3) is 0.407. The Morgan fingerprint density at radius 2 is 1.64 bits per heavy atom. The van der Waals surface area contributed by atoms with Crippen LogP contribution in [0.25, 0.3) is 0 Å². The van der Waals surface area contributed by atoms with Crippen molar-refractivity contribution in [1.82, 2.24) is 14.7 Å². The molecule has 9 nitrogen and oxygen atoms in total. The van der Waals surface area contributed by atoms with E-state index >= 15 is 0 Å². The molecule has 2 aromatic carbocycles. The number of nitrogens with zero attached hydrogens (tertiary/aromatic N) is 3. The number of ether oxygens (including phenoxy) is 2. The molecule has 3 aliphatic heterocycles. The normalized spacial score (nSPS) is 19.6. The van der Waals surface area contributed by atoms with Crippen LogP contribution in [0.3, 0.4) is 0 Å². The highest BCUT2D eigenvalue weighted by Gasteiger charge is 2.36. The van der Waals surface area contributed by atoms with Gasteiger partial charge in [-0.25, -0.2) is 0 Å². The molecule has 0 saturated carbocycles. The zero-order valence-electron chi connectivity index (χ0n) is 20.3. The summed E-state index contributed by atoms with van der Waals surface area (Å²) in [6.45, 7) is 4.62. The third kappa shape index (κ3) is 4.46. The summed E-state index contributed by atoms with van der Waals surface area (Å²) in [6, 6.07) is 11.9. The number of fused-ring (bicyclic) bond motifs is 1. The number of hydrogen-bond donors (Lipinski definition) is 0. The van der Waals surface area contributed by atoms with Crippen LogP contribution in [0.4, 0.5) is 0 Å². The fourth-order valence-electron chi connectivity index (χ4n) is 4.97. The van der Waals surface area contributed by atoms with E-state index < -0.39 is 0 Å². The summed E-state index contributed by atoms with van der Waals surface area (Å²) in [5.41, 5.74) is 1.81. The van der Waals surface area contributed by atoms with Gasteiger partial charge in [-0.1, -0.05) is 18.2 Å². The van der Waals surface area contributed by atoms with Crippen LogP contribution in [0.2, 0.25) is 0 Å². The average Bonchev–Trinajstić information content (AvgIpc) is 3.53. The molecule has 2 saturated heterocycles. The van der Waals surface area contributed by atoms with Gasteiger partial charge in [-0.3, -0.25) is 24.1 Å². The van der Waals surface area contributed by atoms with E-state index in [-0.39, 0.29) is 36.3 Å². The Morgan fingerprint density at radius 3 is 2.25 bits per heavy atom. The maximum absolute atomic E-state index is 13.5. The van der Waals surface area contributed by atoms with Crippen LogP contribution >= 0.6 is 0 Å². The summed E-state index contributed by atoms with van der Waals surface area (Å²) in [4.78, 5) is 56.4. The topological polar surface area (TPSA) is 96.5 Å². The van der Waals surface area contributed by atoms with E-state index in [1.165, 1.54) is 4.90 Å². The highest BCUT2D eigenvalue weighted by molar-refractivity contribution is 6.21. The van der Waals surface area contributed by atoms with E-state index in [0.717, 1.165) is 12.8 Å². The van der Waals surface area contributed by atoms with Gasteiger partial charge in [0.15, 0.2) is 0 Å². The van der Waals surface area contributed by atoms with Crippen LogP contribution < -0.4 is 4.74 Å². The van der Waals surface area contributed by atoms with Crippen molar-refractivity contribution in [1.29, 1.82) is 0 Å². The third-order valence-corrected chi connectivity index (χ3v) is 6.88. The molecule has 4 amide bonds. The Morgan fingerprint density at radius 1 is 0.972 bits per heavy atom. The number of carbonyl (C=O) groups is 4. The average molecular weight is 492 g/mol. The van der Waals surface area contributed by atoms with E-state index in [9.17, 15) is 19.2 Å². The highest BCUT2D eigenvalue weighted by atomic mass is 16.5. The first-order valence-corrected chi connectivity index (χ1v) is 12.4. The van der Waals surface area contributed by atoms with Crippen molar-refractivity contribution in [2.45, 2.75) is 32.4 Å². The zero-order valence-corrected chi connectivity index (χ0v) is 20.3. The van der Waals surface area contributed by atoms with Crippen LogP contribution in [0.5, 0.6) is 5.75 Å². The van der Waals surface area contributed by atoms with Gasteiger partial charge in [0.1, 0.15) is 11.9 Å². The predicted octanol–water partition coefficient (Wildman–Crippen LogP) is 2.34. The van der Waals surface area contributed by atoms with Gasteiger partial charge in [0, 0.05) is 32.8 Å². The number of rotatable bonds is 6. The molecule has 188 valence electrons. The van der Waals surface area contributed by atoms with Crippen molar-refractivity contribution < 1.29 is 28.7 Å². The van der Waals surface area contributed by atoms with E-state index in [0.29, 0.717) is 67.4 Å². The number of amides is 4. The first-order valence-electron chi connectivity index (χ1n) is 12.4. The molecule has 0 aromatic heterocycles. The lowest BCUT2D eigenvalue weighted by Gasteiger charge is -2.36. The molecule has 0 bridgehead atoms. The van der Waals surface area contributed by atoms with Gasteiger partial charge in [0.05, 0.1) is 29.8 Å². The molecule has 3 aliphatic rings. The summed E-state index contributed by atoms with van der Waals surface area (Å²) in [5.74, 6) is -0.440. The second kappa shape index (κ2) is 10.1. The number of imide groups is 1. The molecular formula is C27H29N3O6. The zero-order chi connectivity index (χ0) is 25.2. The molecule has 0 spiro atoms. The Hall–Kier alpha value is -3.72. The minimum Gasteiger partial charge on any atom is -0.493 e. The summed E-state index contributed by atoms with van der Waals surface area (Å²) >= 11 is 0. The van der Waals surface area contributed by atoms with Crippen LogP contribution in [0.15, 0.2) is 42.5 Å². The van der Waals surface area contributed by atoms with Crippen molar-refractivity contribution in [3.8, 4) is 5.75 Å². The van der Waals surface area contributed by atoms with Crippen LogP contribution in [-0.2, 0) is 16.1 Å². The smallest absolute Gasteiger partial charge is 0.261 e. The molecule has 0 radical (unpaired) electrons. The Kier molecular flexibility index (Phi) is 6.73. The first kappa shape index (κ1) is 24.0. The lowest BCUT2D eigenvalue weighted by atomic mass is 10.1. The van der Waals surface area contributed by atoms with Crippen LogP contribution in [0, 0.1) is 0 Å². The van der Waals surface area contributed by atoms with E-state index in [4.69, 9.17) is 9.47 Å². The molecule has 1 unspecified atom stereocenters. The highest BCUT2D eigenvalue weighted by Crippen LogP contribution is 2.28. The lowest BCUT2D eigenvalue weighted by molar-refractivity contribution is -0.142. The van der Waals surface area contributed by atoms with Gasteiger partial charge in [-0.2, -0.15) is 0 Å². The van der Waals surface area contributed by atoms with Crippen LogP contribution in [-0.4, -0.2) is 83.8 Å². The van der Waals surface area contributed by atoms with Gasteiger partial charge in [-0.15, -0.1) is 0 Å². The van der Waals surface area contributed by atoms with Gasteiger partial charge >= 0.3 is 0 Å².